The highest BCUT2D eigenvalue weighted by atomic mass is 16.5. The number of nitrogens with zero attached hydrogens (tertiary/aromatic N) is 1. The molecule has 2 rings (SSSR count). The third kappa shape index (κ3) is 1.52. The van der Waals surface area contributed by atoms with Crippen LogP contribution in [0.5, 0.6) is 0 Å². The Hall–Kier alpha value is -2.30. The van der Waals surface area contributed by atoms with Gasteiger partial charge in [-0.3, -0.25) is 4.79 Å². The summed E-state index contributed by atoms with van der Waals surface area (Å²) in [6, 6.07) is 5.62. The van der Waals surface area contributed by atoms with Gasteiger partial charge in [0.15, 0.2) is 5.43 Å². The zero-order valence-electron chi connectivity index (χ0n) is 8.51. The van der Waals surface area contributed by atoms with Gasteiger partial charge in [-0.2, -0.15) is 4.73 Å². The molecule has 0 saturated heterocycles. The van der Waals surface area contributed by atoms with Gasteiger partial charge in [0, 0.05) is 17.6 Å². The molecule has 2 aromatic rings. The molecule has 0 aliphatic heterocycles. The van der Waals surface area contributed by atoms with Crippen molar-refractivity contribution in [3.8, 4) is 0 Å². The number of carbonyl (C=O) groups is 1. The fraction of sp³-hybridized carbons (Fsp3) is 0.0909. The Kier molecular flexibility index (Phi) is 2.36. The van der Waals surface area contributed by atoms with E-state index in [2.05, 4.69) is 4.74 Å². The van der Waals surface area contributed by atoms with Crippen molar-refractivity contribution in [1.29, 1.82) is 0 Å². The predicted molar refractivity (Wildman–Crippen MR) is 56.7 cm³/mol. The van der Waals surface area contributed by atoms with Crippen LogP contribution in [0.2, 0.25) is 0 Å². The van der Waals surface area contributed by atoms with Gasteiger partial charge in [0.05, 0.1) is 18.2 Å². The minimum absolute atomic E-state index is 0.211. The van der Waals surface area contributed by atoms with Crippen molar-refractivity contribution < 1.29 is 14.7 Å². The van der Waals surface area contributed by atoms with Crippen LogP contribution in [0, 0.1) is 0 Å². The molecule has 0 radical (unpaired) electrons. The maximum Gasteiger partial charge on any atom is 0.337 e. The van der Waals surface area contributed by atoms with Crippen molar-refractivity contribution in [3.63, 3.8) is 0 Å². The monoisotopic (exact) mass is 219 g/mol. The van der Waals surface area contributed by atoms with Crippen molar-refractivity contribution in [3.05, 3.63) is 46.2 Å². The maximum absolute atomic E-state index is 11.4. The SMILES string of the molecule is COC(=O)c1ccc2c(=O)ccn(O)c2c1. The number of hydrogen-bond donors (Lipinski definition) is 1. The van der Waals surface area contributed by atoms with E-state index in [-0.39, 0.29) is 16.5 Å². The lowest BCUT2D eigenvalue weighted by Crippen LogP contribution is -2.08. The third-order valence-electron chi connectivity index (χ3n) is 2.30. The second-order valence-electron chi connectivity index (χ2n) is 3.25. The largest absolute Gasteiger partial charge is 0.465 e. The molecule has 82 valence electrons. The van der Waals surface area contributed by atoms with Gasteiger partial charge in [-0.15, -0.1) is 0 Å². The standard InChI is InChI=1S/C11H9NO4/c1-16-11(14)7-2-3-8-9(6-7)12(15)5-4-10(8)13/h2-6,15H,1H3. The summed E-state index contributed by atoms with van der Waals surface area (Å²) in [6.07, 6.45) is 1.23. The molecule has 0 saturated carbocycles. The van der Waals surface area contributed by atoms with Gasteiger partial charge in [-0.25, -0.2) is 4.79 Å². The molecule has 1 heterocycles. The first-order valence-corrected chi connectivity index (χ1v) is 4.56. The van der Waals surface area contributed by atoms with E-state index in [1.54, 1.807) is 0 Å². The molecule has 0 unspecified atom stereocenters. The number of fused-ring (bicyclic) bond motifs is 1. The zero-order chi connectivity index (χ0) is 11.7. The predicted octanol–water partition coefficient (Wildman–Crippen LogP) is 1.03. The lowest BCUT2D eigenvalue weighted by Gasteiger charge is -2.04. The quantitative estimate of drug-likeness (QED) is 0.574. The lowest BCUT2D eigenvalue weighted by atomic mass is 10.1. The van der Waals surface area contributed by atoms with Gasteiger partial charge in [-0.1, -0.05) is 0 Å². The molecule has 0 bridgehead atoms. The summed E-state index contributed by atoms with van der Waals surface area (Å²) in [5.74, 6) is -0.516. The Labute approximate surface area is 90.5 Å². The molecule has 0 spiro atoms. The van der Waals surface area contributed by atoms with Gasteiger partial charge >= 0.3 is 5.97 Å². The van der Waals surface area contributed by atoms with Gasteiger partial charge in [0.25, 0.3) is 0 Å². The highest BCUT2D eigenvalue weighted by molar-refractivity contribution is 5.94. The average Bonchev–Trinajstić information content (AvgIpc) is 2.32. The van der Waals surface area contributed by atoms with Crippen LogP contribution in [-0.4, -0.2) is 23.0 Å². The number of benzene rings is 1. The molecule has 0 atom stereocenters. The van der Waals surface area contributed by atoms with Gasteiger partial charge in [0.1, 0.15) is 0 Å². The number of pyridine rings is 1. The number of esters is 1. The number of aromatic nitrogens is 1. The van der Waals surface area contributed by atoms with Crippen molar-refractivity contribution in [2.45, 2.75) is 0 Å². The van der Waals surface area contributed by atoms with Crippen LogP contribution in [-0.2, 0) is 4.74 Å². The molecule has 1 aromatic carbocycles. The number of methoxy groups -OCH3 is 1. The summed E-state index contributed by atoms with van der Waals surface area (Å²) in [4.78, 5) is 22.7. The van der Waals surface area contributed by atoms with Crippen molar-refractivity contribution in [1.82, 2.24) is 4.73 Å². The van der Waals surface area contributed by atoms with Crippen LogP contribution in [0.25, 0.3) is 10.9 Å². The fourth-order valence-electron chi connectivity index (χ4n) is 1.48. The van der Waals surface area contributed by atoms with E-state index >= 15 is 0 Å². The van der Waals surface area contributed by atoms with Crippen LogP contribution >= 0.6 is 0 Å². The molecule has 16 heavy (non-hydrogen) atoms. The molecule has 1 aromatic heterocycles. The van der Waals surface area contributed by atoms with E-state index in [4.69, 9.17) is 0 Å². The maximum atomic E-state index is 11.4. The van der Waals surface area contributed by atoms with Gasteiger partial charge in [0.2, 0.25) is 0 Å². The van der Waals surface area contributed by atoms with Crippen molar-refractivity contribution in [2.75, 3.05) is 7.11 Å². The molecule has 1 N–H and O–H groups in total. The summed E-state index contributed by atoms with van der Waals surface area (Å²) in [5, 5.41) is 9.85. The topological polar surface area (TPSA) is 68.5 Å². The molecular weight excluding hydrogens is 210 g/mol. The van der Waals surface area contributed by atoms with Crippen LogP contribution in [0.1, 0.15) is 10.4 Å². The summed E-state index contributed by atoms with van der Waals surface area (Å²) in [6.45, 7) is 0. The summed E-state index contributed by atoms with van der Waals surface area (Å²) in [5.41, 5.74) is 0.343. The smallest absolute Gasteiger partial charge is 0.337 e. The number of hydrogen-bond acceptors (Lipinski definition) is 4. The highest BCUT2D eigenvalue weighted by Gasteiger charge is 2.08. The van der Waals surface area contributed by atoms with Gasteiger partial charge < -0.3 is 9.94 Å². The molecule has 0 aliphatic carbocycles. The first kappa shape index (κ1) is 10.2. The normalized spacial score (nSPS) is 10.3. The first-order valence-electron chi connectivity index (χ1n) is 4.56. The number of rotatable bonds is 1. The average molecular weight is 219 g/mol. The second-order valence-corrected chi connectivity index (χ2v) is 3.25. The highest BCUT2D eigenvalue weighted by Crippen LogP contribution is 2.12. The van der Waals surface area contributed by atoms with E-state index in [0.717, 1.165) is 4.73 Å². The second kappa shape index (κ2) is 3.69. The summed E-state index contributed by atoms with van der Waals surface area (Å²) >= 11 is 0. The molecular formula is C11H9NO4. The molecule has 0 fully saturated rings. The Balaban J connectivity index is 2.75. The van der Waals surface area contributed by atoms with E-state index in [1.165, 1.54) is 37.6 Å². The van der Waals surface area contributed by atoms with Gasteiger partial charge in [-0.05, 0) is 18.2 Å². The van der Waals surface area contributed by atoms with E-state index in [9.17, 15) is 14.8 Å². The van der Waals surface area contributed by atoms with Crippen molar-refractivity contribution in [2.24, 2.45) is 0 Å². The van der Waals surface area contributed by atoms with Crippen molar-refractivity contribution >= 4 is 16.9 Å². The van der Waals surface area contributed by atoms with Crippen LogP contribution in [0.4, 0.5) is 0 Å². The zero-order valence-corrected chi connectivity index (χ0v) is 8.51. The van der Waals surface area contributed by atoms with E-state index < -0.39 is 5.97 Å². The number of carbonyl (C=O) groups excluding carboxylic acids is 1. The third-order valence-corrected chi connectivity index (χ3v) is 2.30. The Morgan fingerprint density at radius 3 is 2.81 bits per heavy atom. The Bertz CT molecular complexity index is 615. The van der Waals surface area contributed by atoms with Crippen LogP contribution in [0.3, 0.4) is 0 Å². The summed E-state index contributed by atoms with van der Waals surface area (Å²) in [7, 11) is 1.27. The van der Waals surface area contributed by atoms with Crippen LogP contribution in [0.15, 0.2) is 35.3 Å². The fourth-order valence-corrected chi connectivity index (χ4v) is 1.48. The van der Waals surface area contributed by atoms with E-state index in [1.807, 2.05) is 0 Å². The van der Waals surface area contributed by atoms with Crippen LogP contribution < -0.4 is 5.43 Å². The molecule has 5 nitrogen and oxygen atoms in total. The Morgan fingerprint density at radius 1 is 1.38 bits per heavy atom. The summed E-state index contributed by atoms with van der Waals surface area (Å²) < 4.78 is 5.34. The minimum Gasteiger partial charge on any atom is -0.465 e. The Morgan fingerprint density at radius 2 is 2.12 bits per heavy atom. The molecule has 0 aliphatic rings. The molecule has 0 amide bonds. The van der Waals surface area contributed by atoms with E-state index in [0.29, 0.717) is 5.39 Å². The lowest BCUT2D eigenvalue weighted by molar-refractivity contribution is 0.0601. The minimum atomic E-state index is -0.516. The molecule has 5 heteroatoms. The first-order chi connectivity index (χ1) is 7.63. The number of ether oxygens (including phenoxy) is 1.